The van der Waals surface area contributed by atoms with Gasteiger partial charge in [-0.05, 0) is 36.6 Å². The summed E-state index contributed by atoms with van der Waals surface area (Å²) >= 11 is 0. The van der Waals surface area contributed by atoms with Crippen LogP contribution in [0.25, 0.3) is 16.9 Å². The zero-order valence-corrected chi connectivity index (χ0v) is 15.8. The monoisotopic (exact) mass is 379 g/mol. The summed E-state index contributed by atoms with van der Waals surface area (Å²) in [6, 6.07) is 7.25. The molecule has 1 amide bonds. The molecule has 0 spiro atoms. The first-order chi connectivity index (χ1) is 13.6. The first kappa shape index (κ1) is 18.1. The van der Waals surface area contributed by atoms with E-state index in [0.717, 1.165) is 24.0 Å². The van der Waals surface area contributed by atoms with Gasteiger partial charge in [0.25, 0.3) is 5.91 Å². The molecule has 1 aliphatic rings. The zero-order valence-electron chi connectivity index (χ0n) is 15.8. The van der Waals surface area contributed by atoms with Gasteiger partial charge >= 0.3 is 0 Å². The average molecular weight is 379 g/mol. The molecule has 3 aromatic rings. The highest BCUT2D eigenvalue weighted by atomic mass is 16.5. The van der Waals surface area contributed by atoms with Crippen molar-refractivity contribution in [1.82, 2.24) is 25.1 Å². The molecule has 3 aromatic heterocycles. The van der Waals surface area contributed by atoms with E-state index >= 15 is 0 Å². The van der Waals surface area contributed by atoms with Crippen LogP contribution in [0.5, 0.6) is 5.88 Å². The molecule has 8 heteroatoms. The average Bonchev–Trinajstić information content (AvgIpc) is 3.29. The SMILES string of the molecule is COCC1(NC(=O)c2ccc(-n3cc(-c4ccnc(OC)c4)cn3)nc2)CC1. The van der Waals surface area contributed by atoms with Crippen molar-refractivity contribution in [2.45, 2.75) is 18.4 Å². The lowest BCUT2D eigenvalue weighted by Gasteiger charge is -2.16. The van der Waals surface area contributed by atoms with Gasteiger partial charge in [-0.15, -0.1) is 0 Å². The van der Waals surface area contributed by atoms with Crippen molar-refractivity contribution in [3.05, 3.63) is 54.6 Å². The minimum atomic E-state index is -0.215. The Morgan fingerprint density at radius 2 is 2.04 bits per heavy atom. The Labute approximate surface area is 162 Å². The molecule has 8 nitrogen and oxygen atoms in total. The van der Waals surface area contributed by atoms with Gasteiger partial charge < -0.3 is 14.8 Å². The van der Waals surface area contributed by atoms with Gasteiger partial charge in [0.2, 0.25) is 5.88 Å². The summed E-state index contributed by atoms with van der Waals surface area (Å²) in [5, 5.41) is 7.40. The Bertz CT molecular complexity index is 980. The van der Waals surface area contributed by atoms with E-state index < -0.39 is 0 Å². The Kier molecular flexibility index (Phi) is 4.79. The maximum Gasteiger partial charge on any atom is 0.253 e. The van der Waals surface area contributed by atoms with Gasteiger partial charge in [-0.1, -0.05) is 0 Å². The fourth-order valence-corrected chi connectivity index (χ4v) is 3.00. The third-order valence-electron chi connectivity index (χ3n) is 4.76. The second-order valence-electron chi connectivity index (χ2n) is 6.83. The molecule has 0 bridgehead atoms. The lowest BCUT2D eigenvalue weighted by Crippen LogP contribution is -2.40. The number of hydrogen-bond donors (Lipinski definition) is 1. The number of carbonyl (C=O) groups excluding carboxylic acids is 1. The van der Waals surface area contributed by atoms with Crippen LogP contribution in [0.3, 0.4) is 0 Å². The lowest BCUT2D eigenvalue weighted by molar-refractivity contribution is 0.0881. The summed E-state index contributed by atoms with van der Waals surface area (Å²) in [5.74, 6) is 1.03. The van der Waals surface area contributed by atoms with Crippen molar-refractivity contribution >= 4 is 5.91 Å². The van der Waals surface area contributed by atoms with Crippen molar-refractivity contribution < 1.29 is 14.3 Å². The molecule has 28 heavy (non-hydrogen) atoms. The predicted octanol–water partition coefficient (Wildman–Crippen LogP) is 2.25. The van der Waals surface area contributed by atoms with Crippen LogP contribution in [0.2, 0.25) is 0 Å². The summed E-state index contributed by atoms with van der Waals surface area (Å²) in [6.07, 6.45) is 8.74. The van der Waals surface area contributed by atoms with E-state index in [2.05, 4.69) is 20.4 Å². The number of carbonyl (C=O) groups is 1. The third kappa shape index (κ3) is 3.72. The van der Waals surface area contributed by atoms with Gasteiger partial charge in [0.15, 0.2) is 5.82 Å². The number of rotatable bonds is 7. The van der Waals surface area contributed by atoms with Crippen LogP contribution in [0.4, 0.5) is 0 Å². The van der Waals surface area contributed by atoms with Gasteiger partial charge in [-0.3, -0.25) is 4.79 Å². The summed E-state index contributed by atoms with van der Waals surface area (Å²) in [7, 11) is 3.22. The molecule has 4 rings (SSSR count). The van der Waals surface area contributed by atoms with Gasteiger partial charge in [-0.25, -0.2) is 14.6 Å². The Hall–Kier alpha value is -3.26. The highest BCUT2D eigenvalue weighted by molar-refractivity contribution is 5.94. The van der Waals surface area contributed by atoms with E-state index in [9.17, 15) is 4.79 Å². The number of ether oxygens (including phenoxy) is 2. The van der Waals surface area contributed by atoms with Gasteiger partial charge in [-0.2, -0.15) is 5.10 Å². The van der Waals surface area contributed by atoms with Gasteiger partial charge in [0, 0.05) is 37.3 Å². The standard InChI is InChI=1S/C20H21N5O3/c1-27-13-20(6-7-20)24-19(26)15-3-4-17(22-10-15)25-12-16(11-23-25)14-5-8-21-18(9-14)28-2/h3-5,8-12H,6-7,13H2,1-2H3,(H,24,26). The molecule has 144 valence electrons. The van der Waals surface area contributed by atoms with E-state index in [1.54, 1.807) is 49.6 Å². The van der Waals surface area contributed by atoms with E-state index in [1.807, 2.05) is 18.3 Å². The van der Waals surface area contributed by atoms with Crippen LogP contribution in [-0.4, -0.2) is 52.0 Å². The second kappa shape index (κ2) is 7.40. The predicted molar refractivity (Wildman–Crippen MR) is 102 cm³/mol. The molecule has 3 heterocycles. The highest BCUT2D eigenvalue weighted by Crippen LogP contribution is 2.35. The summed E-state index contributed by atoms with van der Waals surface area (Å²) < 4.78 is 12.0. The van der Waals surface area contributed by atoms with Gasteiger partial charge in [0.1, 0.15) is 0 Å². The van der Waals surface area contributed by atoms with E-state index in [0.29, 0.717) is 23.9 Å². The summed E-state index contributed by atoms with van der Waals surface area (Å²) in [4.78, 5) is 20.9. The van der Waals surface area contributed by atoms with Crippen molar-refractivity contribution in [3.63, 3.8) is 0 Å². The molecule has 0 saturated heterocycles. The summed E-state index contributed by atoms with van der Waals surface area (Å²) in [6.45, 7) is 0.528. The van der Waals surface area contributed by atoms with Crippen molar-refractivity contribution in [1.29, 1.82) is 0 Å². The second-order valence-corrected chi connectivity index (χ2v) is 6.83. The van der Waals surface area contributed by atoms with E-state index in [1.165, 1.54) is 0 Å². The number of aromatic nitrogens is 4. The molecule has 0 unspecified atom stereocenters. The smallest absolute Gasteiger partial charge is 0.253 e. The quantitative estimate of drug-likeness (QED) is 0.677. The number of nitrogens with zero attached hydrogens (tertiary/aromatic N) is 4. The topological polar surface area (TPSA) is 91.2 Å². The Balaban J connectivity index is 1.48. The molecule has 0 radical (unpaired) electrons. The van der Waals surface area contributed by atoms with Crippen LogP contribution < -0.4 is 10.1 Å². The minimum Gasteiger partial charge on any atom is -0.481 e. The molecule has 0 aliphatic heterocycles. The zero-order chi connectivity index (χ0) is 19.6. The van der Waals surface area contributed by atoms with Crippen molar-refractivity contribution in [2.75, 3.05) is 20.8 Å². The normalized spacial score (nSPS) is 14.5. The molecule has 1 aliphatic carbocycles. The van der Waals surface area contributed by atoms with Crippen LogP contribution in [0, 0.1) is 0 Å². The maximum atomic E-state index is 12.4. The molecular formula is C20H21N5O3. The Morgan fingerprint density at radius 3 is 2.71 bits per heavy atom. The van der Waals surface area contributed by atoms with Crippen LogP contribution >= 0.6 is 0 Å². The number of pyridine rings is 2. The molecule has 0 atom stereocenters. The van der Waals surface area contributed by atoms with Gasteiger partial charge in [0.05, 0.1) is 31.0 Å². The number of hydrogen-bond acceptors (Lipinski definition) is 6. The Morgan fingerprint density at radius 1 is 1.18 bits per heavy atom. The number of amides is 1. The van der Waals surface area contributed by atoms with Crippen LogP contribution in [-0.2, 0) is 4.74 Å². The fraction of sp³-hybridized carbons (Fsp3) is 0.300. The molecular weight excluding hydrogens is 358 g/mol. The molecule has 1 saturated carbocycles. The molecule has 1 N–H and O–H groups in total. The summed E-state index contributed by atoms with van der Waals surface area (Å²) in [5.41, 5.74) is 2.16. The lowest BCUT2D eigenvalue weighted by atomic mass is 10.1. The first-order valence-electron chi connectivity index (χ1n) is 8.95. The van der Waals surface area contributed by atoms with Crippen LogP contribution in [0.15, 0.2) is 49.1 Å². The third-order valence-corrected chi connectivity index (χ3v) is 4.76. The highest BCUT2D eigenvalue weighted by Gasteiger charge is 2.44. The fourth-order valence-electron chi connectivity index (χ4n) is 3.00. The van der Waals surface area contributed by atoms with Crippen molar-refractivity contribution in [3.8, 4) is 22.8 Å². The molecule has 0 aromatic carbocycles. The van der Waals surface area contributed by atoms with Crippen LogP contribution in [0.1, 0.15) is 23.2 Å². The number of nitrogens with one attached hydrogen (secondary N) is 1. The van der Waals surface area contributed by atoms with E-state index in [-0.39, 0.29) is 11.4 Å². The van der Waals surface area contributed by atoms with E-state index in [4.69, 9.17) is 9.47 Å². The molecule has 1 fully saturated rings. The minimum absolute atomic E-state index is 0.140. The van der Waals surface area contributed by atoms with Crippen molar-refractivity contribution in [2.24, 2.45) is 0 Å². The maximum absolute atomic E-state index is 12.4. The first-order valence-corrected chi connectivity index (χ1v) is 8.95. The number of methoxy groups -OCH3 is 2. The largest absolute Gasteiger partial charge is 0.481 e.